The minimum atomic E-state index is 0.125. The van der Waals surface area contributed by atoms with E-state index in [-0.39, 0.29) is 5.91 Å². The Bertz CT molecular complexity index is 1160. The molecular formula is C25H23N3OS. The third-order valence-corrected chi connectivity index (χ3v) is 6.55. The first kappa shape index (κ1) is 19.0. The van der Waals surface area contributed by atoms with Gasteiger partial charge >= 0.3 is 0 Å². The predicted octanol–water partition coefficient (Wildman–Crippen LogP) is 4.92. The van der Waals surface area contributed by atoms with Crippen molar-refractivity contribution in [2.24, 2.45) is 0 Å². The Morgan fingerprint density at radius 3 is 2.40 bits per heavy atom. The van der Waals surface area contributed by atoms with Crippen LogP contribution >= 0.6 is 11.3 Å². The summed E-state index contributed by atoms with van der Waals surface area (Å²) in [5.74, 6) is 0.125. The smallest absolute Gasteiger partial charge is 0.253 e. The number of thiazole rings is 1. The van der Waals surface area contributed by atoms with Gasteiger partial charge in [-0.1, -0.05) is 60.7 Å². The van der Waals surface area contributed by atoms with E-state index < -0.39 is 0 Å². The molecule has 1 aliphatic heterocycles. The van der Waals surface area contributed by atoms with Crippen LogP contribution in [0.4, 0.5) is 0 Å². The maximum absolute atomic E-state index is 13.0. The monoisotopic (exact) mass is 413 g/mol. The zero-order valence-corrected chi connectivity index (χ0v) is 17.5. The molecule has 150 valence electrons. The van der Waals surface area contributed by atoms with Crippen LogP contribution in [0.2, 0.25) is 0 Å². The summed E-state index contributed by atoms with van der Waals surface area (Å²) >= 11 is 1.69. The van der Waals surface area contributed by atoms with E-state index in [1.807, 2.05) is 53.4 Å². The first-order chi connectivity index (χ1) is 14.8. The summed E-state index contributed by atoms with van der Waals surface area (Å²) in [6.07, 6.45) is 0. The van der Waals surface area contributed by atoms with Crippen molar-refractivity contribution < 1.29 is 4.79 Å². The van der Waals surface area contributed by atoms with Gasteiger partial charge in [-0.05, 0) is 22.9 Å². The molecule has 2 heterocycles. The fourth-order valence-electron chi connectivity index (χ4n) is 3.94. The van der Waals surface area contributed by atoms with Crippen molar-refractivity contribution in [1.82, 2.24) is 14.8 Å². The Kier molecular flexibility index (Phi) is 5.30. The van der Waals surface area contributed by atoms with Crippen LogP contribution in [0.3, 0.4) is 0 Å². The molecule has 30 heavy (non-hydrogen) atoms. The van der Waals surface area contributed by atoms with Crippen LogP contribution in [-0.4, -0.2) is 46.9 Å². The molecule has 1 fully saturated rings. The molecule has 0 aliphatic carbocycles. The SMILES string of the molecule is O=C(c1ccc2ccccc2c1)N1CCN(Cc2csc(-c3ccccc3)n2)CC1. The summed E-state index contributed by atoms with van der Waals surface area (Å²) in [6, 6.07) is 24.4. The second-order valence-corrected chi connectivity index (χ2v) is 8.50. The molecule has 0 atom stereocenters. The summed E-state index contributed by atoms with van der Waals surface area (Å²) in [4.78, 5) is 22.1. The van der Waals surface area contributed by atoms with Crippen molar-refractivity contribution >= 4 is 28.0 Å². The molecule has 4 nitrogen and oxygen atoms in total. The van der Waals surface area contributed by atoms with Crippen molar-refractivity contribution in [3.8, 4) is 10.6 Å². The van der Waals surface area contributed by atoms with Gasteiger partial charge in [-0.15, -0.1) is 11.3 Å². The van der Waals surface area contributed by atoms with Crippen molar-refractivity contribution in [3.63, 3.8) is 0 Å². The third kappa shape index (κ3) is 3.99. The minimum absolute atomic E-state index is 0.125. The molecule has 3 aromatic carbocycles. The Morgan fingerprint density at radius 2 is 1.60 bits per heavy atom. The molecule has 0 bridgehead atoms. The van der Waals surface area contributed by atoms with Crippen LogP contribution < -0.4 is 0 Å². The van der Waals surface area contributed by atoms with Crippen molar-refractivity contribution in [3.05, 3.63) is 89.4 Å². The standard InChI is InChI=1S/C25H23N3OS/c29-25(22-11-10-19-6-4-5-9-21(19)16-22)28-14-12-27(13-15-28)17-23-18-30-24(26-23)20-7-2-1-3-8-20/h1-11,16,18H,12-15,17H2. The molecular weight excluding hydrogens is 390 g/mol. The van der Waals surface area contributed by atoms with Gasteiger partial charge in [0.1, 0.15) is 5.01 Å². The summed E-state index contributed by atoms with van der Waals surface area (Å²) in [5, 5.41) is 5.49. The predicted molar refractivity (Wildman–Crippen MR) is 123 cm³/mol. The van der Waals surface area contributed by atoms with Crippen LogP contribution in [-0.2, 0) is 6.54 Å². The highest BCUT2D eigenvalue weighted by Crippen LogP contribution is 2.24. The van der Waals surface area contributed by atoms with Gasteiger partial charge in [-0.3, -0.25) is 9.69 Å². The number of benzene rings is 3. The fraction of sp³-hybridized carbons (Fsp3) is 0.200. The van der Waals surface area contributed by atoms with E-state index in [9.17, 15) is 4.79 Å². The number of hydrogen-bond donors (Lipinski definition) is 0. The average Bonchev–Trinajstić information content (AvgIpc) is 3.28. The Labute approximate surface area is 180 Å². The van der Waals surface area contributed by atoms with Gasteiger partial charge in [-0.2, -0.15) is 0 Å². The number of carbonyl (C=O) groups excluding carboxylic acids is 1. The van der Waals surface area contributed by atoms with E-state index in [0.29, 0.717) is 0 Å². The van der Waals surface area contributed by atoms with Gasteiger partial charge < -0.3 is 4.90 Å². The molecule has 0 radical (unpaired) electrons. The Balaban J connectivity index is 1.20. The Hall–Kier alpha value is -3.02. The lowest BCUT2D eigenvalue weighted by Gasteiger charge is -2.34. The van der Waals surface area contributed by atoms with Crippen LogP contribution in [0.5, 0.6) is 0 Å². The average molecular weight is 414 g/mol. The molecule has 1 amide bonds. The van der Waals surface area contributed by atoms with Gasteiger partial charge in [0.05, 0.1) is 5.69 Å². The van der Waals surface area contributed by atoms with Gasteiger partial charge in [0.2, 0.25) is 0 Å². The van der Waals surface area contributed by atoms with Crippen molar-refractivity contribution in [2.75, 3.05) is 26.2 Å². The molecule has 1 aliphatic rings. The second kappa shape index (κ2) is 8.38. The number of aromatic nitrogens is 1. The molecule has 0 unspecified atom stereocenters. The van der Waals surface area contributed by atoms with Crippen LogP contribution in [0.25, 0.3) is 21.3 Å². The Morgan fingerprint density at radius 1 is 0.867 bits per heavy atom. The zero-order chi connectivity index (χ0) is 20.3. The van der Waals surface area contributed by atoms with Crippen LogP contribution in [0, 0.1) is 0 Å². The number of amides is 1. The number of hydrogen-bond acceptors (Lipinski definition) is 4. The van der Waals surface area contributed by atoms with Gasteiger partial charge in [0, 0.05) is 49.2 Å². The maximum atomic E-state index is 13.0. The highest BCUT2D eigenvalue weighted by Gasteiger charge is 2.23. The van der Waals surface area contributed by atoms with E-state index in [1.165, 1.54) is 5.56 Å². The summed E-state index contributed by atoms with van der Waals surface area (Å²) < 4.78 is 0. The fourth-order valence-corrected chi connectivity index (χ4v) is 4.75. The normalized spacial score (nSPS) is 14.9. The highest BCUT2D eigenvalue weighted by molar-refractivity contribution is 7.13. The summed E-state index contributed by atoms with van der Waals surface area (Å²) in [7, 11) is 0. The molecule has 5 rings (SSSR count). The van der Waals surface area contributed by atoms with Crippen LogP contribution in [0.1, 0.15) is 16.1 Å². The molecule has 4 aromatic rings. The first-order valence-electron chi connectivity index (χ1n) is 10.3. The third-order valence-electron chi connectivity index (χ3n) is 5.61. The van der Waals surface area contributed by atoms with E-state index in [1.54, 1.807) is 11.3 Å². The van der Waals surface area contributed by atoms with E-state index in [2.05, 4.69) is 34.5 Å². The second-order valence-electron chi connectivity index (χ2n) is 7.64. The number of fused-ring (bicyclic) bond motifs is 1. The largest absolute Gasteiger partial charge is 0.336 e. The molecule has 0 N–H and O–H groups in total. The topological polar surface area (TPSA) is 36.4 Å². The van der Waals surface area contributed by atoms with Gasteiger partial charge in [0.25, 0.3) is 5.91 Å². The summed E-state index contributed by atoms with van der Waals surface area (Å²) in [6.45, 7) is 4.08. The number of nitrogens with zero attached hydrogens (tertiary/aromatic N) is 3. The molecule has 0 spiro atoms. The molecule has 0 saturated carbocycles. The van der Waals surface area contributed by atoms with Gasteiger partial charge in [-0.25, -0.2) is 4.98 Å². The number of piperazine rings is 1. The highest BCUT2D eigenvalue weighted by atomic mass is 32.1. The minimum Gasteiger partial charge on any atom is -0.336 e. The van der Waals surface area contributed by atoms with Gasteiger partial charge in [0.15, 0.2) is 0 Å². The number of carbonyl (C=O) groups is 1. The zero-order valence-electron chi connectivity index (χ0n) is 16.7. The maximum Gasteiger partial charge on any atom is 0.253 e. The molecule has 1 saturated heterocycles. The lowest BCUT2D eigenvalue weighted by Crippen LogP contribution is -2.48. The number of rotatable bonds is 4. The van der Waals surface area contributed by atoms with E-state index >= 15 is 0 Å². The lowest BCUT2D eigenvalue weighted by atomic mass is 10.1. The first-order valence-corrected chi connectivity index (χ1v) is 11.1. The molecule has 5 heteroatoms. The van der Waals surface area contributed by atoms with Crippen LogP contribution in [0.15, 0.2) is 78.2 Å². The van der Waals surface area contributed by atoms with Crippen molar-refractivity contribution in [1.29, 1.82) is 0 Å². The lowest BCUT2D eigenvalue weighted by molar-refractivity contribution is 0.0627. The van der Waals surface area contributed by atoms with Crippen molar-refractivity contribution in [2.45, 2.75) is 6.54 Å². The quantitative estimate of drug-likeness (QED) is 0.476. The summed E-state index contributed by atoms with van der Waals surface area (Å²) in [5.41, 5.74) is 3.04. The van der Waals surface area contributed by atoms with E-state index in [0.717, 1.165) is 59.8 Å². The van der Waals surface area contributed by atoms with E-state index in [4.69, 9.17) is 4.98 Å². The molecule has 1 aromatic heterocycles.